The molecule has 5 heteroatoms. The van der Waals surface area contributed by atoms with Gasteiger partial charge in [0.2, 0.25) is 5.91 Å². The van der Waals surface area contributed by atoms with Crippen molar-refractivity contribution >= 4 is 5.91 Å². The van der Waals surface area contributed by atoms with Gasteiger partial charge in [0.05, 0.1) is 17.7 Å². The zero-order chi connectivity index (χ0) is 12.0. The lowest BCUT2D eigenvalue weighted by Gasteiger charge is -2.14. The van der Waals surface area contributed by atoms with Crippen molar-refractivity contribution in [3.05, 3.63) is 58.4 Å². The van der Waals surface area contributed by atoms with Gasteiger partial charge in [-0.3, -0.25) is 14.9 Å². The molecule has 0 saturated heterocycles. The molecule has 0 aliphatic rings. The standard InChI is InChI=1S/C11H12N2O3/c1-10(14)12(7-8-13(15)16)9-11-5-3-2-4-6-11/h2-8H,9H2,1H3/b8-7-. The van der Waals surface area contributed by atoms with Crippen LogP contribution in [-0.4, -0.2) is 15.7 Å². The average Bonchev–Trinajstić information content (AvgIpc) is 2.25. The van der Waals surface area contributed by atoms with E-state index >= 15 is 0 Å². The first kappa shape index (κ1) is 11.9. The lowest BCUT2D eigenvalue weighted by Crippen LogP contribution is -2.22. The number of nitrogens with zero attached hydrogens (tertiary/aromatic N) is 2. The average molecular weight is 220 g/mol. The number of hydrogen-bond donors (Lipinski definition) is 0. The molecule has 16 heavy (non-hydrogen) atoms. The van der Waals surface area contributed by atoms with Crippen molar-refractivity contribution in [2.75, 3.05) is 0 Å². The Bertz CT molecular complexity index is 401. The second kappa shape index (κ2) is 5.65. The van der Waals surface area contributed by atoms with Gasteiger partial charge in [-0.25, -0.2) is 0 Å². The van der Waals surface area contributed by atoms with Crippen LogP contribution in [0.15, 0.2) is 42.7 Å². The summed E-state index contributed by atoms with van der Waals surface area (Å²) in [4.78, 5) is 22.1. The van der Waals surface area contributed by atoms with Crippen molar-refractivity contribution in [1.82, 2.24) is 4.90 Å². The van der Waals surface area contributed by atoms with E-state index in [0.29, 0.717) is 6.54 Å². The number of benzene rings is 1. The van der Waals surface area contributed by atoms with Crippen molar-refractivity contribution < 1.29 is 9.72 Å². The molecule has 84 valence electrons. The first-order valence-corrected chi connectivity index (χ1v) is 4.72. The van der Waals surface area contributed by atoms with Crippen molar-refractivity contribution in [2.45, 2.75) is 13.5 Å². The number of amides is 1. The van der Waals surface area contributed by atoms with Gasteiger partial charge >= 0.3 is 0 Å². The highest BCUT2D eigenvalue weighted by atomic mass is 16.6. The molecule has 1 rings (SSSR count). The second-order valence-corrected chi connectivity index (χ2v) is 3.22. The Hall–Kier alpha value is -2.17. The summed E-state index contributed by atoms with van der Waals surface area (Å²) in [6.07, 6.45) is 1.93. The Labute approximate surface area is 93.1 Å². The van der Waals surface area contributed by atoms with Crippen LogP contribution < -0.4 is 0 Å². The van der Waals surface area contributed by atoms with Crippen LogP contribution in [0.1, 0.15) is 12.5 Å². The summed E-state index contributed by atoms with van der Waals surface area (Å²) >= 11 is 0. The van der Waals surface area contributed by atoms with E-state index in [0.717, 1.165) is 11.8 Å². The van der Waals surface area contributed by atoms with Crippen LogP contribution >= 0.6 is 0 Å². The van der Waals surface area contributed by atoms with E-state index in [9.17, 15) is 14.9 Å². The first-order chi connectivity index (χ1) is 7.59. The minimum Gasteiger partial charge on any atom is -0.309 e. The van der Waals surface area contributed by atoms with E-state index in [1.165, 1.54) is 18.0 Å². The van der Waals surface area contributed by atoms with Crippen LogP contribution in [0, 0.1) is 10.1 Å². The van der Waals surface area contributed by atoms with Gasteiger partial charge in [-0.1, -0.05) is 30.3 Å². The molecule has 0 bridgehead atoms. The number of carbonyl (C=O) groups is 1. The van der Waals surface area contributed by atoms with Gasteiger partial charge < -0.3 is 4.90 Å². The Morgan fingerprint density at radius 3 is 2.56 bits per heavy atom. The number of carbonyl (C=O) groups excluding carboxylic acids is 1. The smallest absolute Gasteiger partial charge is 0.250 e. The molecule has 1 amide bonds. The molecular formula is C11H12N2O3. The Morgan fingerprint density at radius 2 is 2.06 bits per heavy atom. The fourth-order valence-electron chi connectivity index (χ4n) is 1.18. The van der Waals surface area contributed by atoms with Crippen molar-refractivity contribution in [3.8, 4) is 0 Å². The molecule has 0 aliphatic heterocycles. The lowest BCUT2D eigenvalue weighted by atomic mass is 10.2. The molecule has 0 fully saturated rings. The minimum atomic E-state index is -0.596. The molecule has 0 aromatic heterocycles. The van der Waals surface area contributed by atoms with Crippen molar-refractivity contribution in [3.63, 3.8) is 0 Å². The molecule has 0 N–H and O–H groups in total. The molecule has 0 aliphatic carbocycles. The molecule has 0 saturated carbocycles. The fraction of sp³-hybridized carbons (Fsp3) is 0.182. The molecule has 5 nitrogen and oxygen atoms in total. The molecule has 1 aromatic carbocycles. The lowest BCUT2D eigenvalue weighted by molar-refractivity contribution is -0.403. The minimum absolute atomic E-state index is 0.234. The summed E-state index contributed by atoms with van der Waals surface area (Å²) in [5, 5.41) is 10.2. The topological polar surface area (TPSA) is 63.5 Å². The highest BCUT2D eigenvalue weighted by molar-refractivity contribution is 5.74. The molecule has 1 aromatic rings. The van der Waals surface area contributed by atoms with Crippen LogP contribution in [0.5, 0.6) is 0 Å². The summed E-state index contributed by atoms with van der Waals surface area (Å²) < 4.78 is 0. The maximum atomic E-state index is 11.2. The monoisotopic (exact) mass is 220 g/mol. The van der Waals surface area contributed by atoms with Gasteiger partial charge in [0, 0.05) is 6.92 Å². The molecule has 0 radical (unpaired) electrons. The first-order valence-electron chi connectivity index (χ1n) is 4.72. The van der Waals surface area contributed by atoms with Gasteiger partial charge in [0.15, 0.2) is 0 Å². The van der Waals surface area contributed by atoms with Gasteiger partial charge in [0.1, 0.15) is 0 Å². The van der Waals surface area contributed by atoms with Gasteiger partial charge in [-0.05, 0) is 5.56 Å². The van der Waals surface area contributed by atoms with Gasteiger partial charge in [-0.2, -0.15) is 0 Å². The van der Waals surface area contributed by atoms with Gasteiger partial charge in [-0.15, -0.1) is 0 Å². The summed E-state index contributed by atoms with van der Waals surface area (Å²) in [6, 6.07) is 9.29. The van der Waals surface area contributed by atoms with E-state index in [1.54, 1.807) is 0 Å². The molecule has 0 unspecified atom stereocenters. The maximum absolute atomic E-state index is 11.2. The zero-order valence-electron chi connectivity index (χ0n) is 8.87. The highest BCUT2D eigenvalue weighted by Crippen LogP contribution is 2.05. The fourth-order valence-corrected chi connectivity index (χ4v) is 1.18. The summed E-state index contributed by atoms with van der Waals surface area (Å²) in [6.45, 7) is 1.70. The second-order valence-electron chi connectivity index (χ2n) is 3.22. The zero-order valence-corrected chi connectivity index (χ0v) is 8.87. The van der Waals surface area contributed by atoms with Crippen LogP contribution in [-0.2, 0) is 11.3 Å². The number of hydrogen-bond acceptors (Lipinski definition) is 3. The highest BCUT2D eigenvalue weighted by Gasteiger charge is 2.06. The van der Waals surface area contributed by atoms with Crippen LogP contribution in [0.2, 0.25) is 0 Å². The maximum Gasteiger partial charge on any atom is 0.250 e. The third-order valence-electron chi connectivity index (χ3n) is 1.97. The molecule has 0 spiro atoms. The molecule has 0 heterocycles. The van der Waals surface area contributed by atoms with E-state index in [-0.39, 0.29) is 5.91 Å². The van der Waals surface area contributed by atoms with E-state index in [1.807, 2.05) is 30.3 Å². The quantitative estimate of drug-likeness (QED) is 0.574. The van der Waals surface area contributed by atoms with E-state index in [2.05, 4.69) is 0 Å². The van der Waals surface area contributed by atoms with Gasteiger partial charge in [0.25, 0.3) is 6.20 Å². The largest absolute Gasteiger partial charge is 0.309 e. The van der Waals surface area contributed by atoms with Crippen LogP contribution in [0.4, 0.5) is 0 Å². The third kappa shape index (κ3) is 3.91. The van der Waals surface area contributed by atoms with Crippen molar-refractivity contribution in [2.24, 2.45) is 0 Å². The Kier molecular flexibility index (Phi) is 4.20. The molecule has 0 atom stereocenters. The van der Waals surface area contributed by atoms with Crippen LogP contribution in [0.3, 0.4) is 0 Å². The van der Waals surface area contributed by atoms with Crippen LogP contribution in [0.25, 0.3) is 0 Å². The molecular weight excluding hydrogens is 208 g/mol. The summed E-state index contributed by atoms with van der Waals surface area (Å²) in [7, 11) is 0. The van der Waals surface area contributed by atoms with E-state index < -0.39 is 4.92 Å². The third-order valence-corrected chi connectivity index (χ3v) is 1.97. The summed E-state index contributed by atoms with van der Waals surface area (Å²) in [5.74, 6) is -0.234. The SMILES string of the molecule is CC(=O)N(/C=C\[N+](=O)[O-])Cc1ccccc1. The Balaban J connectivity index is 2.73. The number of rotatable bonds is 4. The number of nitro groups is 1. The summed E-state index contributed by atoms with van der Waals surface area (Å²) in [5.41, 5.74) is 0.922. The van der Waals surface area contributed by atoms with E-state index in [4.69, 9.17) is 0 Å². The van der Waals surface area contributed by atoms with Crippen molar-refractivity contribution in [1.29, 1.82) is 0 Å². The Morgan fingerprint density at radius 1 is 1.44 bits per heavy atom. The predicted molar refractivity (Wildman–Crippen MR) is 58.8 cm³/mol. The predicted octanol–water partition coefficient (Wildman–Crippen LogP) is 1.78. The normalized spacial score (nSPS) is 10.3.